The smallest absolute Gasteiger partial charge is 0.228 e. The van der Waals surface area contributed by atoms with Gasteiger partial charge in [0.05, 0.1) is 4.47 Å². The summed E-state index contributed by atoms with van der Waals surface area (Å²) < 4.78 is 6.69. The molecule has 1 rings (SSSR count). The van der Waals surface area contributed by atoms with Crippen LogP contribution in [-0.2, 0) is 0 Å². The molecule has 0 fully saturated rings. The Labute approximate surface area is 93.8 Å². The van der Waals surface area contributed by atoms with Gasteiger partial charge in [-0.1, -0.05) is 6.92 Å². The zero-order valence-electron chi connectivity index (χ0n) is 9.10. The van der Waals surface area contributed by atoms with Crippen LogP contribution in [0.5, 0.6) is 5.88 Å². The van der Waals surface area contributed by atoms with Crippen molar-refractivity contribution in [1.29, 1.82) is 0 Å². The third-order valence-corrected chi connectivity index (χ3v) is 2.74. The Kier molecular flexibility index (Phi) is 3.53. The first kappa shape index (κ1) is 11.5. The van der Waals surface area contributed by atoms with Gasteiger partial charge in [0, 0.05) is 6.20 Å². The fourth-order valence-corrected chi connectivity index (χ4v) is 1.47. The number of nitrogens with zero attached hydrogens (tertiary/aromatic N) is 1. The van der Waals surface area contributed by atoms with Crippen molar-refractivity contribution in [2.45, 2.75) is 39.7 Å². The molecule has 0 unspecified atom stereocenters. The molecule has 0 aliphatic carbocycles. The van der Waals surface area contributed by atoms with Crippen molar-refractivity contribution < 1.29 is 4.74 Å². The van der Waals surface area contributed by atoms with E-state index in [0.29, 0.717) is 5.88 Å². The molecule has 1 aromatic rings. The summed E-state index contributed by atoms with van der Waals surface area (Å²) in [4.78, 5) is 4.24. The van der Waals surface area contributed by atoms with Crippen molar-refractivity contribution in [3.63, 3.8) is 0 Å². The zero-order valence-corrected chi connectivity index (χ0v) is 10.7. The molecule has 0 radical (unpaired) electrons. The van der Waals surface area contributed by atoms with Crippen LogP contribution in [0.3, 0.4) is 0 Å². The van der Waals surface area contributed by atoms with Crippen LogP contribution in [-0.4, -0.2) is 10.6 Å². The molecule has 0 saturated heterocycles. The Morgan fingerprint density at radius 1 is 1.50 bits per heavy atom. The number of aryl methyl sites for hydroxylation is 1. The number of rotatable bonds is 3. The fourth-order valence-electron chi connectivity index (χ4n) is 0.930. The van der Waals surface area contributed by atoms with E-state index in [0.717, 1.165) is 16.5 Å². The van der Waals surface area contributed by atoms with Crippen LogP contribution < -0.4 is 4.74 Å². The SMILES string of the molecule is CCC(C)(C)Oc1ncc(C)cc1Br. The van der Waals surface area contributed by atoms with E-state index >= 15 is 0 Å². The molecule has 0 N–H and O–H groups in total. The Balaban J connectivity index is 2.87. The van der Waals surface area contributed by atoms with Gasteiger partial charge in [0.25, 0.3) is 0 Å². The lowest BCUT2D eigenvalue weighted by atomic mass is 10.1. The lowest BCUT2D eigenvalue weighted by Gasteiger charge is -2.24. The first-order chi connectivity index (χ1) is 6.44. The van der Waals surface area contributed by atoms with Gasteiger partial charge < -0.3 is 4.74 Å². The summed E-state index contributed by atoms with van der Waals surface area (Å²) in [7, 11) is 0. The van der Waals surface area contributed by atoms with Gasteiger partial charge >= 0.3 is 0 Å². The maximum atomic E-state index is 5.78. The third-order valence-electron chi connectivity index (χ3n) is 2.17. The van der Waals surface area contributed by atoms with E-state index in [1.54, 1.807) is 0 Å². The molecule has 78 valence electrons. The van der Waals surface area contributed by atoms with Crippen LogP contribution in [0.25, 0.3) is 0 Å². The van der Waals surface area contributed by atoms with E-state index < -0.39 is 0 Å². The molecule has 14 heavy (non-hydrogen) atoms. The van der Waals surface area contributed by atoms with E-state index in [-0.39, 0.29) is 5.60 Å². The number of ether oxygens (including phenoxy) is 1. The van der Waals surface area contributed by atoms with Gasteiger partial charge in [0.1, 0.15) is 5.60 Å². The number of hydrogen-bond donors (Lipinski definition) is 0. The second-order valence-corrected chi connectivity index (χ2v) is 4.87. The van der Waals surface area contributed by atoms with E-state index in [1.807, 2.05) is 19.2 Å². The number of halogens is 1. The van der Waals surface area contributed by atoms with Crippen molar-refractivity contribution in [3.05, 3.63) is 22.3 Å². The zero-order chi connectivity index (χ0) is 10.8. The molecule has 2 nitrogen and oxygen atoms in total. The molecular weight excluding hydrogens is 242 g/mol. The highest BCUT2D eigenvalue weighted by Gasteiger charge is 2.18. The summed E-state index contributed by atoms with van der Waals surface area (Å²) >= 11 is 3.44. The summed E-state index contributed by atoms with van der Waals surface area (Å²) in [6.45, 7) is 8.22. The predicted molar refractivity (Wildman–Crippen MR) is 61.7 cm³/mol. The average Bonchev–Trinajstić information content (AvgIpc) is 2.10. The molecule has 0 aliphatic rings. The Morgan fingerprint density at radius 3 is 2.64 bits per heavy atom. The van der Waals surface area contributed by atoms with Gasteiger partial charge in [-0.15, -0.1) is 0 Å². The maximum Gasteiger partial charge on any atom is 0.228 e. The minimum atomic E-state index is -0.162. The van der Waals surface area contributed by atoms with Gasteiger partial charge in [-0.25, -0.2) is 4.98 Å². The van der Waals surface area contributed by atoms with E-state index in [1.165, 1.54) is 0 Å². The minimum absolute atomic E-state index is 0.162. The first-order valence-corrected chi connectivity index (χ1v) is 5.55. The molecular formula is C11H16BrNO. The number of aromatic nitrogens is 1. The summed E-state index contributed by atoms with van der Waals surface area (Å²) in [5.41, 5.74) is 0.962. The lowest BCUT2D eigenvalue weighted by molar-refractivity contribution is 0.0979. The van der Waals surface area contributed by atoms with Crippen molar-refractivity contribution >= 4 is 15.9 Å². The van der Waals surface area contributed by atoms with Gasteiger partial charge in [-0.05, 0) is 54.8 Å². The topological polar surface area (TPSA) is 22.1 Å². The average molecular weight is 258 g/mol. The molecule has 0 aliphatic heterocycles. The summed E-state index contributed by atoms with van der Waals surface area (Å²) in [6, 6.07) is 2.01. The first-order valence-electron chi connectivity index (χ1n) is 4.76. The van der Waals surface area contributed by atoms with Gasteiger partial charge in [-0.2, -0.15) is 0 Å². The molecule has 3 heteroatoms. The fraction of sp³-hybridized carbons (Fsp3) is 0.545. The molecule has 0 spiro atoms. The number of hydrogen-bond acceptors (Lipinski definition) is 2. The van der Waals surface area contributed by atoms with Crippen LogP contribution in [0.15, 0.2) is 16.7 Å². The monoisotopic (exact) mass is 257 g/mol. The van der Waals surface area contributed by atoms with Crippen LogP contribution in [0, 0.1) is 6.92 Å². The Bertz CT molecular complexity index is 323. The second-order valence-electron chi connectivity index (χ2n) is 4.01. The molecule has 0 atom stereocenters. The molecule has 0 amide bonds. The van der Waals surface area contributed by atoms with Crippen molar-refractivity contribution in [1.82, 2.24) is 4.98 Å². The number of pyridine rings is 1. The Hall–Kier alpha value is -0.570. The van der Waals surface area contributed by atoms with Crippen molar-refractivity contribution in [2.24, 2.45) is 0 Å². The Morgan fingerprint density at radius 2 is 2.14 bits per heavy atom. The van der Waals surface area contributed by atoms with Crippen molar-refractivity contribution in [3.8, 4) is 5.88 Å². The quantitative estimate of drug-likeness (QED) is 0.824. The highest BCUT2D eigenvalue weighted by molar-refractivity contribution is 9.10. The van der Waals surface area contributed by atoms with Gasteiger partial charge in [0.2, 0.25) is 5.88 Å². The molecule has 0 bridgehead atoms. The highest BCUT2D eigenvalue weighted by atomic mass is 79.9. The van der Waals surface area contributed by atoms with Gasteiger partial charge in [-0.3, -0.25) is 0 Å². The third kappa shape index (κ3) is 2.98. The van der Waals surface area contributed by atoms with Crippen molar-refractivity contribution in [2.75, 3.05) is 0 Å². The lowest BCUT2D eigenvalue weighted by Crippen LogP contribution is -2.27. The summed E-state index contributed by atoms with van der Waals surface area (Å²) in [5, 5.41) is 0. The normalized spacial score (nSPS) is 11.5. The predicted octanol–water partition coefficient (Wildman–Crippen LogP) is 3.72. The van der Waals surface area contributed by atoms with Crippen LogP contribution >= 0.6 is 15.9 Å². The van der Waals surface area contributed by atoms with E-state index in [9.17, 15) is 0 Å². The highest BCUT2D eigenvalue weighted by Crippen LogP contribution is 2.27. The molecule has 1 heterocycles. The summed E-state index contributed by atoms with van der Waals surface area (Å²) in [6.07, 6.45) is 2.76. The minimum Gasteiger partial charge on any atom is -0.471 e. The largest absolute Gasteiger partial charge is 0.471 e. The molecule has 0 saturated carbocycles. The van der Waals surface area contributed by atoms with Gasteiger partial charge in [0.15, 0.2) is 0 Å². The maximum absolute atomic E-state index is 5.78. The summed E-state index contributed by atoms with van der Waals surface area (Å²) in [5.74, 6) is 0.669. The standard InChI is InChI=1S/C11H16BrNO/c1-5-11(3,4)14-10-9(12)6-8(2)7-13-10/h6-7H,5H2,1-4H3. The molecule has 0 aromatic carbocycles. The van der Waals surface area contributed by atoms with Crippen LogP contribution in [0.1, 0.15) is 32.8 Å². The molecule has 1 aromatic heterocycles. The van der Waals surface area contributed by atoms with Crippen LogP contribution in [0.2, 0.25) is 0 Å². The van der Waals surface area contributed by atoms with E-state index in [2.05, 4.69) is 41.7 Å². The van der Waals surface area contributed by atoms with E-state index in [4.69, 9.17) is 4.74 Å². The van der Waals surface area contributed by atoms with Crippen LogP contribution in [0.4, 0.5) is 0 Å². The second kappa shape index (κ2) is 4.30.